The van der Waals surface area contributed by atoms with Gasteiger partial charge in [0.2, 0.25) is 0 Å². The fraction of sp³-hybridized carbons (Fsp3) is 0.214. The highest BCUT2D eigenvalue weighted by molar-refractivity contribution is 7.71. The van der Waals surface area contributed by atoms with Crippen molar-refractivity contribution in [3.8, 4) is 5.75 Å². The number of furan rings is 1. The number of methoxy groups -OCH3 is 1. The summed E-state index contributed by atoms with van der Waals surface area (Å²) in [4.78, 5) is 3.20. The normalized spacial score (nSPS) is 12.7. The number of rotatable bonds is 3. The zero-order valence-corrected chi connectivity index (χ0v) is 11.5. The molecule has 1 atom stereocenters. The molecule has 0 fully saturated rings. The Balaban J connectivity index is 2.24. The maximum absolute atomic E-state index is 5.47. The van der Waals surface area contributed by atoms with Crippen LogP contribution in [0.2, 0.25) is 0 Å². The standard InChI is InChI=1S/C14H14N2O2S/c1-9(11-7-4-8-18-11)16-10-5-3-6-12(17-2)13(10)15-14(16)19/h3-9H,1-2H3,(H,15,19). The van der Waals surface area contributed by atoms with Crippen molar-refractivity contribution >= 4 is 23.3 Å². The molecule has 0 bridgehead atoms. The minimum atomic E-state index is 0.0309. The Morgan fingerprint density at radius 1 is 1.32 bits per heavy atom. The first kappa shape index (κ1) is 12.0. The third-order valence-electron chi connectivity index (χ3n) is 3.28. The number of benzene rings is 1. The number of hydrogen-bond acceptors (Lipinski definition) is 3. The van der Waals surface area contributed by atoms with Crippen molar-refractivity contribution < 1.29 is 9.15 Å². The molecule has 0 spiro atoms. The molecular formula is C14H14N2O2S. The quantitative estimate of drug-likeness (QED) is 0.736. The average molecular weight is 274 g/mol. The molecule has 5 heteroatoms. The SMILES string of the molecule is COc1cccc2c1[nH]c(=S)n2C(C)c1ccco1. The molecule has 19 heavy (non-hydrogen) atoms. The van der Waals surface area contributed by atoms with Crippen LogP contribution in [0.4, 0.5) is 0 Å². The number of aromatic amines is 1. The van der Waals surface area contributed by atoms with Crippen LogP contribution in [-0.4, -0.2) is 16.7 Å². The summed E-state index contributed by atoms with van der Waals surface area (Å²) < 4.78 is 13.5. The van der Waals surface area contributed by atoms with Crippen molar-refractivity contribution in [3.05, 3.63) is 47.1 Å². The van der Waals surface area contributed by atoms with E-state index in [2.05, 4.69) is 11.9 Å². The third kappa shape index (κ3) is 1.86. The number of imidazole rings is 1. The summed E-state index contributed by atoms with van der Waals surface area (Å²) in [5.41, 5.74) is 1.92. The minimum absolute atomic E-state index is 0.0309. The second-order valence-electron chi connectivity index (χ2n) is 4.35. The van der Waals surface area contributed by atoms with E-state index in [0.717, 1.165) is 22.5 Å². The highest BCUT2D eigenvalue weighted by Gasteiger charge is 2.16. The van der Waals surface area contributed by atoms with Gasteiger partial charge in [0, 0.05) is 0 Å². The summed E-state index contributed by atoms with van der Waals surface area (Å²) in [5, 5.41) is 0. The number of ether oxygens (including phenoxy) is 1. The maximum atomic E-state index is 5.47. The van der Waals surface area contributed by atoms with Gasteiger partial charge in [-0.2, -0.15) is 0 Å². The van der Waals surface area contributed by atoms with Gasteiger partial charge < -0.3 is 18.7 Å². The van der Waals surface area contributed by atoms with E-state index in [1.807, 2.05) is 34.9 Å². The number of nitrogens with zero attached hydrogens (tertiary/aromatic N) is 1. The summed E-state index contributed by atoms with van der Waals surface area (Å²) in [7, 11) is 1.65. The lowest BCUT2D eigenvalue weighted by molar-refractivity contribution is 0.419. The molecule has 0 aliphatic rings. The van der Waals surface area contributed by atoms with Crippen LogP contribution in [0, 0.1) is 4.77 Å². The Bertz CT molecular complexity index is 755. The van der Waals surface area contributed by atoms with E-state index in [9.17, 15) is 0 Å². The lowest BCUT2D eigenvalue weighted by atomic mass is 10.2. The van der Waals surface area contributed by atoms with Crippen LogP contribution in [0.1, 0.15) is 18.7 Å². The molecule has 1 aromatic carbocycles. The maximum Gasteiger partial charge on any atom is 0.178 e. The van der Waals surface area contributed by atoms with Crippen molar-refractivity contribution in [2.45, 2.75) is 13.0 Å². The van der Waals surface area contributed by atoms with Gasteiger partial charge in [0.05, 0.1) is 24.9 Å². The van der Waals surface area contributed by atoms with E-state index in [-0.39, 0.29) is 6.04 Å². The first-order valence-corrected chi connectivity index (χ1v) is 6.44. The van der Waals surface area contributed by atoms with Gasteiger partial charge in [-0.15, -0.1) is 0 Å². The number of para-hydroxylation sites is 1. The number of H-pyrrole nitrogens is 1. The van der Waals surface area contributed by atoms with Gasteiger partial charge >= 0.3 is 0 Å². The van der Waals surface area contributed by atoms with Crippen LogP contribution in [0.5, 0.6) is 5.75 Å². The molecule has 2 aromatic heterocycles. The van der Waals surface area contributed by atoms with Crippen molar-refractivity contribution in [1.82, 2.24) is 9.55 Å². The van der Waals surface area contributed by atoms with Gasteiger partial charge in [-0.25, -0.2) is 0 Å². The van der Waals surface area contributed by atoms with Crippen LogP contribution < -0.4 is 4.74 Å². The van der Waals surface area contributed by atoms with E-state index < -0.39 is 0 Å². The fourth-order valence-corrected chi connectivity index (χ4v) is 2.69. The second-order valence-corrected chi connectivity index (χ2v) is 4.73. The monoisotopic (exact) mass is 274 g/mol. The van der Waals surface area contributed by atoms with Crippen LogP contribution in [0.3, 0.4) is 0 Å². The number of aromatic nitrogens is 2. The molecule has 0 radical (unpaired) electrons. The summed E-state index contributed by atoms with van der Waals surface area (Å²) in [6.45, 7) is 2.06. The molecule has 0 saturated carbocycles. The molecule has 0 saturated heterocycles. The van der Waals surface area contributed by atoms with Crippen molar-refractivity contribution in [2.75, 3.05) is 7.11 Å². The van der Waals surface area contributed by atoms with Gasteiger partial charge in [-0.3, -0.25) is 0 Å². The minimum Gasteiger partial charge on any atom is -0.494 e. The van der Waals surface area contributed by atoms with Gasteiger partial charge in [-0.1, -0.05) is 6.07 Å². The van der Waals surface area contributed by atoms with Crippen LogP contribution in [-0.2, 0) is 0 Å². The van der Waals surface area contributed by atoms with Gasteiger partial charge in [0.25, 0.3) is 0 Å². The predicted molar refractivity (Wildman–Crippen MR) is 76.2 cm³/mol. The Morgan fingerprint density at radius 2 is 2.16 bits per heavy atom. The first-order valence-electron chi connectivity index (χ1n) is 6.03. The van der Waals surface area contributed by atoms with Crippen LogP contribution in [0.15, 0.2) is 41.0 Å². The first-order chi connectivity index (χ1) is 9.22. The molecule has 1 N–H and O–H groups in total. The summed E-state index contributed by atoms with van der Waals surface area (Å²) in [6, 6.07) is 9.74. The summed E-state index contributed by atoms with van der Waals surface area (Å²) in [5.74, 6) is 1.66. The molecule has 2 heterocycles. The zero-order chi connectivity index (χ0) is 13.4. The van der Waals surface area contributed by atoms with E-state index in [1.54, 1.807) is 13.4 Å². The van der Waals surface area contributed by atoms with Crippen molar-refractivity contribution in [3.63, 3.8) is 0 Å². The van der Waals surface area contributed by atoms with Gasteiger partial charge in [0.15, 0.2) is 4.77 Å². The molecule has 4 nitrogen and oxygen atoms in total. The van der Waals surface area contributed by atoms with E-state index in [4.69, 9.17) is 21.4 Å². The number of nitrogens with one attached hydrogen (secondary N) is 1. The van der Waals surface area contributed by atoms with Crippen LogP contribution in [0.25, 0.3) is 11.0 Å². The lowest BCUT2D eigenvalue weighted by Gasteiger charge is -2.12. The Labute approximate surface area is 115 Å². The largest absolute Gasteiger partial charge is 0.494 e. The topological polar surface area (TPSA) is 43.1 Å². The Hall–Kier alpha value is -2.01. The van der Waals surface area contributed by atoms with E-state index >= 15 is 0 Å². The molecule has 98 valence electrons. The highest BCUT2D eigenvalue weighted by Crippen LogP contribution is 2.29. The smallest absolute Gasteiger partial charge is 0.178 e. The Morgan fingerprint density at radius 3 is 2.84 bits per heavy atom. The molecule has 0 aliphatic heterocycles. The van der Waals surface area contributed by atoms with E-state index in [1.165, 1.54) is 0 Å². The molecule has 3 rings (SSSR count). The molecular weight excluding hydrogens is 260 g/mol. The van der Waals surface area contributed by atoms with E-state index in [0.29, 0.717) is 4.77 Å². The number of fused-ring (bicyclic) bond motifs is 1. The van der Waals surface area contributed by atoms with Crippen molar-refractivity contribution in [1.29, 1.82) is 0 Å². The summed E-state index contributed by atoms with van der Waals surface area (Å²) in [6.07, 6.45) is 1.67. The zero-order valence-electron chi connectivity index (χ0n) is 10.7. The summed E-state index contributed by atoms with van der Waals surface area (Å²) >= 11 is 5.42. The molecule has 1 unspecified atom stereocenters. The van der Waals surface area contributed by atoms with Crippen LogP contribution >= 0.6 is 12.2 Å². The average Bonchev–Trinajstić information content (AvgIpc) is 3.04. The molecule has 3 aromatic rings. The molecule has 0 aliphatic carbocycles. The second kappa shape index (κ2) is 4.59. The fourth-order valence-electron chi connectivity index (χ4n) is 2.33. The van der Waals surface area contributed by atoms with Crippen molar-refractivity contribution in [2.24, 2.45) is 0 Å². The third-order valence-corrected chi connectivity index (χ3v) is 3.58. The predicted octanol–water partition coefficient (Wildman–Crippen LogP) is 3.91. The number of hydrogen-bond donors (Lipinski definition) is 1. The lowest BCUT2D eigenvalue weighted by Crippen LogP contribution is -2.05. The molecule has 0 amide bonds. The highest BCUT2D eigenvalue weighted by atomic mass is 32.1. The van der Waals surface area contributed by atoms with Gasteiger partial charge in [-0.05, 0) is 43.4 Å². The van der Waals surface area contributed by atoms with Gasteiger partial charge in [0.1, 0.15) is 17.0 Å². The Kier molecular flexibility index (Phi) is 2.91.